The van der Waals surface area contributed by atoms with Crippen molar-refractivity contribution >= 4 is 17.7 Å². The topological polar surface area (TPSA) is 36.7 Å². The molecule has 0 aliphatic carbocycles. The molecule has 0 saturated heterocycles. The second-order valence-corrected chi connectivity index (χ2v) is 18.5. The summed E-state index contributed by atoms with van der Waals surface area (Å²) < 4.78 is 18.7. The zero-order chi connectivity index (χ0) is 19.0. The molecule has 1 heterocycles. The Labute approximate surface area is 145 Å². The number of rotatable bonds is 3. The van der Waals surface area contributed by atoms with Crippen LogP contribution in [-0.4, -0.2) is 18.3 Å². The first-order chi connectivity index (χ1) is 11.4. The number of pyridine rings is 1. The van der Waals surface area contributed by atoms with E-state index in [1.165, 1.54) is 0 Å². The van der Waals surface area contributed by atoms with E-state index in [0.29, 0.717) is 5.56 Å². The first kappa shape index (κ1) is 15.0. The predicted octanol–water partition coefficient (Wildman–Crippen LogP) is 4.75. The summed E-state index contributed by atoms with van der Waals surface area (Å²) in [5.74, 6) is 6.79. The molecule has 0 radical (unpaired) electrons. The summed E-state index contributed by atoms with van der Waals surface area (Å²) in [7, 11) is 0. The standard InChI is InChI=1S/C20H26GeN2/c1-20(2,3)12-17-11-19(23-14-18(17)21(4,5)6)16-9-7-15(13-22)8-10-16/h7-11,14H,12H2,1-6H3/i12D2. The van der Waals surface area contributed by atoms with Gasteiger partial charge in [0, 0.05) is 0 Å². The van der Waals surface area contributed by atoms with E-state index in [4.69, 9.17) is 8.00 Å². The molecule has 0 aliphatic heterocycles. The van der Waals surface area contributed by atoms with Gasteiger partial charge in [0.1, 0.15) is 0 Å². The number of aromatic nitrogens is 1. The third-order valence-electron chi connectivity index (χ3n) is 3.53. The van der Waals surface area contributed by atoms with Gasteiger partial charge in [0.2, 0.25) is 0 Å². The zero-order valence-corrected chi connectivity index (χ0v) is 17.0. The zero-order valence-electron chi connectivity index (χ0n) is 16.9. The van der Waals surface area contributed by atoms with Gasteiger partial charge in [-0.2, -0.15) is 0 Å². The molecule has 2 aromatic rings. The summed E-state index contributed by atoms with van der Waals surface area (Å²) in [6.07, 6.45) is 0.428. The van der Waals surface area contributed by atoms with E-state index < -0.39 is 25.1 Å². The second-order valence-electron chi connectivity index (χ2n) is 7.93. The molecule has 120 valence electrons. The van der Waals surface area contributed by atoms with Gasteiger partial charge in [-0.05, 0) is 0 Å². The average Bonchev–Trinajstić information content (AvgIpc) is 2.52. The normalized spacial score (nSPS) is 14.0. The summed E-state index contributed by atoms with van der Waals surface area (Å²) in [5.41, 5.74) is 2.51. The third kappa shape index (κ3) is 4.69. The summed E-state index contributed by atoms with van der Waals surface area (Å²) in [4.78, 5) is 4.62. The molecule has 0 fully saturated rings. The minimum absolute atomic E-state index is 0.515. The molecule has 1 aromatic carbocycles. The van der Waals surface area contributed by atoms with Crippen LogP contribution >= 0.6 is 0 Å². The predicted molar refractivity (Wildman–Crippen MR) is 101 cm³/mol. The van der Waals surface area contributed by atoms with Gasteiger partial charge in [-0.3, -0.25) is 0 Å². The quantitative estimate of drug-likeness (QED) is 0.732. The van der Waals surface area contributed by atoms with Crippen molar-refractivity contribution in [3.05, 3.63) is 47.7 Å². The maximum atomic E-state index is 8.96. The number of nitriles is 1. The summed E-state index contributed by atoms with van der Waals surface area (Å²) in [5, 5.41) is 8.96. The maximum absolute atomic E-state index is 8.96. The van der Waals surface area contributed by atoms with Gasteiger partial charge >= 0.3 is 145 Å². The van der Waals surface area contributed by atoms with Crippen LogP contribution in [-0.2, 0) is 6.37 Å². The van der Waals surface area contributed by atoms with Crippen molar-refractivity contribution in [2.45, 2.75) is 44.4 Å². The van der Waals surface area contributed by atoms with E-state index in [1.54, 1.807) is 12.1 Å². The van der Waals surface area contributed by atoms with Crippen LogP contribution in [0.5, 0.6) is 0 Å². The molecule has 2 rings (SSSR count). The first-order valence-electron chi connectivity index (χ1n) is 8.89. The monoisotopic (exact) mass is 370 g/mol. The van der Waals surface area contributed by atoms with E-state index in [-0.39, 0.29) is 0 Å². The van der Waals surface area contributed by atoms with Crippen molar-refractivity contribution in [3.63, 3.8) is 0 Å². The number of benzene rings is 1. The van der Waals surface area contributed by atoms with Crippen molar-refractivity contribution in [3.8, 4) is 17.3 Å². The van der Waals surface area contributed by atoms with Crippen LogP contribution in [0.3, 0.4) is 0 Å². The van der Waals surface area contributed by atoms with Gasteiger partial charge < -0.3 is 0 Å². The molecule has 0 amide bonds. The molecule has 3 heteroatoms. The molecule has 0 N–H and O–H groups in total. The number of nitrogens with zero attached hydrogens (tertiary/aromatic N) is 2. The molecule has 0 bridgehead atoms. The molecule has 2 nitrogen and oxygen atoms in total. The third-order valence-corrected chi connectivity index (χ3v) is 7.76. The van der Waals surface area contributed by atoms with Gasteiger partial charge in [-0.1, -0.05) is 0 Å². The molecular formula is C20H26GeN2. The molecule has 0 atom stereocenters. The van der Waals surface area contributed by atoms with Gasteiger partial charge in [0.15, 0.2) is 0 Å². The van der Waals surface area contributed by atoms with E-state index >= 15 is 0 Å². The van der Waals surface area contributed by atoms with E-state index in [1.807, 2.05) is 45.2 Å². The molecule has 23 heavy (non-hydrogen) atoms. The van der Waals surface area contributed by atoms with Crippen LogP contribution in [0.2, 0.25) is 17.3 Å². The molecule has 0 saturated carbocycles. The van der Waals surface area contributed by atoms with Gasteiger partial charge in [0.25, 0.3) is 0 Å². The Balaban J connectivity index is 2.68. The van der Waals surface area contributed by atoms with Crippen LogP contribution in [0, 0.1) is 16.7 Å². The summed E-state index contributed by atoms with van der Waals surface area (Å²) in [6, 6.07) is 11.3. The van der Waals surface area contributed by atoms with Crippen LogP contribution in [0.15, 0.2) is 36.5 Å². The van der Waals surface area contributed by atoms with E-state index in [2.05, 4.69) is 28.3 Å². The Morgan fingerprint density at radius 3 is 2.26 bits per heavy atom. The fraction of sp³-hybridized carbons (Fsp3) is 0.400. The Bertz CT molecular complexity index is 808. The summed E-state index contributed by atoms with van der Waals surface area (Å²) in [6.45, 7) is 5.82. The Morgan fingerprint density at radius 2 is 1.78 bits per heavy atom. The fourth-order valence-electron chi connectivity index (χ4n) is 2.43. The van der Waals surface area contributed by atoms with Crippen LogP contribution < -0.4 is 4.40 Å². The van der Waals surface area contributed by atoms with Crippen molar-refractivity contribution in [1.29, 1.82) is 5.26 Å². The van der Waals surface area contributed by atoms with Gasteiger partial charge in [0.05, 0.1) is 0 Å². The van der Waals surface area contributed by atoms with Crippen molar-refractivity contribution in [2.24, 2.45) is 5.41 Å². The first-order valence-corrected chi connectivity index (χ1v) is 15.2. The molecule has 1 aromatic heterocycles. The van der Waals surface area contributed by atoms with Crippen molar-refractivity contribution in [1.82, 2.24) is 4.98 Å². The van der Waals surface area contributed by atoms with E-state index in [9.17, 15) is 0 Å². The fourth-order valence-corrected chi connectivity index (χ4v) is 5.36. The Hall–Kier alpha value is -1.60. The number of hydrogen-bond donors (Lipinski definition) is 0. The van der Waals surface area contributed by atoms with Crippen LogP contribution in [0.25, 0.3) is 11.3 Å². The minimum atomic E-state index is -2.29. The van der Waals surface area contributed by atoms with Crippen molar-refractivity contribution < 1.29 is 2.74 Å². The average molecular weight is 369 g/mol. The SMILES string of the molecule is [2H]C([2H])(c1cc(-c2ccc(C#N)cc2)nc[c]1[Ge]([CH3])([CH3])[CH3])C(C)(C)C. The molecule has 0 unspecified atom stereocenters. The second kappa shape index (κ2) is 6.49. The van der Waals surface area contributed by atoms with Gasteiger partial charge in [-0.25, -0.2) is 0 Å². The summed E-state index contributed by atoms with van der Waals surface area (Å²) >= 11 is -2.29. The van der Waals surface area contributed by atoms with Crippen LogP contribution in [0.1, 0.15) is 34.6 Å². The van der Waals surface area contributed by atoms with Gasteiger partial charge in [-0.15, -0.1) is 0 Å². The molecular weight excluding hydrogens is 341 g/mol. The molecule has 0 spiro atoms. The Kier molecular flexibility index (Phi) is 4.22. The Morgan fingerprint density at radius 1 is 1.17 bits per heavy atom. The van der Waals surface area contributed by atoms with Crippen LogP contribution in [0.4, 0.5) is 0 Å². The van der Waals surface area contributed by atoms with Crippen molar-refractivity contribution in [2.75, 3.05) is 0 Å². The molecule has 0 aliphatic rings. The number of hydrogen-bond acceptors (Lipinski definition) is 2. The van der Waals surface area contributed by atoms with E-state index in [0.717, 1.165) is 21.2 Å².